The molecule has 2 heterocycles. The fourth-order valence-electron chi connectivity index (χ4n) is 2.38. The molecule has 9 nitrogen and oxygen atoms in total. The number of imide groups is 1. The maximum Gasteiger partial charge on any atom is 0.326 e. The monoisotopic (exact) mass is 354 g/mol. The van der Waals surface area contributed by atoms with Crippen LogP contribution in [0.2, 0.25) is 0 Å². The number of esters is 1. The van der Waals surface area contributed by atoms with Crippen LogP contribution in [0.5, 0.6) is 0 Å². The van der Waals surface area contributed by atoms with Crippen molar-refractivity contribution in [1.29, 1.82) is 0 Å². The molecule has 9 heteroatoms. The summed E-state index contributed by atoms with van der Waals surface area (Å²) in [7, 11) is 0. The number of rotatable bonds is 5. The van der Waals surface area contributed by atoms with Crippen molar-refractivity contribution < 1.29 is 23.9 Å². The van der Waals surface area contributed by atoms with E-state index in [1.54, 1.807) is 18.2 Å². The molecule has 1 aromatic heterocycles. The molecule has 132 valence electrons. The normalized spacial score (nSPS) is 14.0. The smallest absolute Gasteiger partial charge is 0.326 e. The highest BCUT2D eigenvalue weighted by Gasteiger charge is 2.37. The molecule has 1 aliphatic rings. The Balaban J connectivity index is 1.58. The first-order valence-corrected chi connectivity index (χ1v) is 7.70. The number of carbonyl (C=O) groups excluding carboxylic acids is 4. The number of anilines is 1. The van der Waals surface area contributed by atoms with E-state index in [1.165, 1.54) is 31.5 Å². The molecule has 3 amide bonds. The van der Waals surface area contributed by atoms with Crippen LogP contribution in [-0.2, 0) is 14.3 Å². The van der Waals surface area contributed by atoms with E-state index in [-0.39, 0.29) is 17.1 Å². The number of benzene rings is 1. The zero-order valence-corrected chi connectivity index (χ0v) is 13.7. The molecule has 1 aromatic carbocycles. The Bertz CT molecular complexity index is 849. The molecular formula is C17H14N4O5. The molecule has 1 atom stereocenters. The summed E-state index contributed by atoms with van der Waals surface area (Å²) < 4.78 is 4.99. The van der Waals surface area contributed by atoms with E-state index in [4.69, 9.17) is 4.74 Å². The van der Waals surface area contributed by atoms with Gasteiger partial charge in [-0.1, -0.05) is 12.1 Å². The van der Waals surface area contributed by atoms with Gasteiger partial charge in [0.25, 0.3) is 17.7 Å². The van der Waals surface area contributed by atoms with E-state index >= 15 is 0 Å². The minimum Gasteiger partial charge on any atom is -0.451 e. The molecule has 0 aliphatic carbocycles. The lowest BCUT2D eigenvalue weighted by molar-refractivity contribution is -0.153. The predicted molar refractivity (Wildman–Crippen MR) is 88.0 cm³/mol. The summed E-state index contributed by atoms with van der Waals surface area (Å²) in [6, 6.07) is 7.86. The zero-order chi connectivity index (χ0) is 18.7. The number of aromatic nitrogens is 2. The maximum atomic E-state index is 12.2. The maximum absolute atomic E-state index is 12.2. The summed E-state index contributed by atoms with van der Waals surface area (Å²) in [5, 5.41) is 2.39. The molecule has 1 aliphatic heterocycles. The number of ether oxygens (including phenoxy) is 1. The zero-order valence-electron chi connectivity index (χ0n) is 13.7. The van der Waals surface area contributed by atoms with Crippen molar-refractivity contribution in [2.75, 3.05) is 11.9 Å². The van der Waals surface area contributed by atoms with Crippen LogP contribution < -0.4 is 5.32 Å². The van der Waals surface area contributed by atoms with E-state index in [9.17, 15) is 19.2 Å². The van der Waals surface area contributed by atoms with Crippen LogP contribution in [0.15, 0.2) is 42.7 Å². The minimum atomic E-state index is -1.15. The molecule has 0 fully saturated rings. The first-order chi connectivity index (χ1) is 12.5. The lowest BCUT2D eigenvalue weighted by Crippen LogP contribution is -2.38. The van der Waals surface area contributed by atoms with E-state index in [0.717, 1.165) is 4.90 Å². The van der Waals surface area contributed by atoms with Crippen LogP contribution in [0.4, 0.5) is 5.95 Å². The van der Waals surface area contributed by atoms with Crippen molar-refractivity contribution in [3.63, 3.8) is 0 Å². The van der Waals surface area contributed by atoms with Crippen molar-refractivity contribution in [2.24, 2.45) is 0 Å². The van der Waals surface area contributed by atoms with Crippen molar-refractivity contribution in [2.45, 2.75) is 13.0 Å². The van der Waals surface area contributed by atoms with Crippen LogP contribution in [0.1, 0.15) is 27.6 Å². The highest BCUT2D eigenvalue weighted by Crippen LogP contribution is 2.22. The molecular weight excluding hydrogens is 340 g/mol. The Morgan fingerprint density at radius 2 is 1.65 bits per heavy atom. The summed E-state index contributed by atoms with van der Waals surface area (Å²) in [4.78, 5) is 56.9. The molecule has 0 saturated heterocycles. The van der Waals surface area contributed by atoms with Crippen molar-refractivity contribution in [1.82, 2.24) is 14.9 Å². The second kappa shape index (κ2) is 7.09. The molecule has 26 heavy (non-hydrogen) atoms. The van der Waals surface area contributed by atoms with Gasteiger partial charge in [-0.3, -0.25) is 29.4 Å². The second-order valence-electron chi connectivity index (χ2n) is 5.44. The molecule has 3 rings (SSSR count). The van der Waals surface area contributed by atoms with Crippen LogP contribution in [-0.4, -0.2) is 51.2 Å². The molecule has 2 aromatic rings. The molecule has 0 bridgehead atoms. The fraction of sp³-hybridized carbons (Fsp3) is 0.176. The summed E-state index contributed by atoms with van der Waals surface area (Å²) in [6.07, 6.45) is 1.74. The van der Waals surface area contributed by atoms with Crippen LogP contribution in [0.25, 0.3) is 0 Å². The van der Waals surface area contributed by atoms with E-state index < -0.39 is 36.3 Å². The van der Waals surface area contributed by atoms with Gasteiger partial charge in [0.2, 0.25) is 5.95 Å². The molecule has 1 N–H and O–H groups in total. The number of nitrogens with one attached hydrogen (secondary N) is 1. The summed E-state index contributed by atoms with van der Waals surface area (Å²) in [5.41, 5.74) is 0.467. The van der Waals surface area contributed by atoms with Crippen LogP contribution in [0.3, 0.4) is 0 Å². The molecule has 1 unspecified atom stereocenters. The summed E-state index contributed by atoms with van der Waals surface area (Å²) in [5.74, 6) is -2.58. The molecule has 0 spiro atoms. The Hall–Kier alpha value is -3.62. The van der Waals surface area contributed by atoms with E-state index in [1.807, 2.05) is 0 Å². The summed E-state index contributed by atoms with van der Waals surface area (Å²) in [6.45, 7) is 0.782. The van der Waals surface area contributed by atoms with E-state index in [2.05, 4.69) is 15.3 Å². The van der Waals surface area contributed by atoms with Gasteiger partial charge in [0.15, 0.2) is 6.10 Å². The SMILES string of the molecule is CC(OC(=O)CN1C(=O)c2ccccc2C1=O)C(=O)Nc1ncccn1. The third kappa shape index (κ3) is 3.41. The number of hydrogen-bond donors (Lipinski definition) is 1. The van der Waals surface area contributed by atoms with Gasteiger partial charge in [0.05, 0.1) is 11.1 Å². The average Bonchev–Trinajstić information content (AvgIpc) is 2.88. The summed E-state index contributed by atoms with van der Waals surface area (Å²) >= 11 is 0. The van der Waals surface area contributed by atoms with Gasteiger partial charge in [0, 0.05) is 12.4 Å². The standard InChI is InChI=1S/C17H14N4O5/c1-10(14(23)20-17-18-7-4-8-19-17)26-13(22)9-21-15(24)11-5-2-3-6-12(11)16(21)25/h2-8,10H,9H2,1H3,(H,18,19,20,23). The van der Waals surface area contributed by atoms with Gasteiger partial charge < -0.3 is 4.74 Å². The van der Waals surface area contributed by atoms with Gasteiger partial charge in [0.1, 0.15) is 6.54 Å². The lowest BCUT2D eigenvalue weighted by atomic mass is 10.1. The Morgan fingerprint density at radius 1 is 1.08 bits per heavy atom. The van der Waals surface area contributed by atoms with Crippen molar-refractivity contribution in [3.05, 3.63) is 53.9 Å². The third-order valence-corrected chi connectivity index (χ3v) is 3.64. The van der Waals surface area contributed by atoms with Gasteiger partial charge in [-0.05, 0) is 25.1 Å². The number of fused-ring (bicyclic) bond motifs is 1. The Labute approximate surface area is 148 Å². The van der Waals surface area contributed by atoms with Crippen molar-refractivity contribution >= 4 is 29.6 Å². The van der Waals surface area contributed by atoms with Gasteiger partial charge in [-0.25, -0.2) is 9.97 Å². The largest absolute Gasteiger partial charge is 0.451 e. The number of amides is 3. The van der Waals surface area contributed by atoms with Gasteiger partial charge in [-0.15, -0.1) is 0 Å². The highest BCUT2D eigenvalue weighted by atomic mass is 16.5. The number of hydrogen-bond acceptors (Lipinski definition) is 7. The predicted octanol–water partition coefficient (Wildman–Crippen LogP) is 0.643. The second-order valence-corrected chi connectivity index (χ2v) is 5.44. The first-order valence-electron chi connectivity index (χ1n) is 7.70. The minimum absolute atomic E-state index is 0.0701. The number of nitrogens with zero attached hydrogens (tertiary/aromatic N) is 3. The van der Waals surface area contributed by atoms with Crippen molar-refractivity contribution in [3.8, 4) is 0 Å². The highest BCUT2D eigenvalue weighted by molar-refractivity contribution is 6.22. The molecule has 0 saturated carbocycles. The van der Waals surface area contributed by atoms with Crippen LogP contribution in [0, 0.1) is 0 Å². The van der Waals surface area contributed by atoms with Crippen LogP contribution >= 0.6 is 0 Å². The van der Waals surface area contributed by atoms with E-state index in [0.29, 0.717) is 0 Å². The fourth-order valence-corrected chi connectivity index (χ4v) is 2.38. The van der Waals surface area contributed by atoms with Gasteiger partial charge >= 0.3 is 5.97 Å². The van der Waals surface area contributed by atoms with Gasteiger partial charge in [-0.2, -0.15) is 0 Å². The average molecular weight is 354 g/mol. The topological polar surface area (TPSA) is 119 Å². The lowest BCUT2D eigenvalue weighted by Gasteiger charge is -2.16. The molecule has 0 radical (unpaired) electrons. The Morgan fingerprint density at radius 3 is 2.23 bits per heavy atom. The number of carbonyl (C=O) groups is 4. The first kappa shape index (κ1) is 17.2. The third-order valence-electron chi connectivity index (χ3n) is 3.64. The Kier molecular flexibility index (Phi) is 4.70. The quantitative estimate of drug-likeness (QED) is 0.618.